The van der Waals surface area contributed by atoms with Gasteiger partial charge in [0.2, 0.25) is 0 Å². The number of nitrogens with two attached hydrogens (primary N) is 1. The number of rotatable bonds is 5. The molecule has 1 aliphatic carbocycles. The predicted molar refractivity (Wildman–Crippen MR) is 154 cm³/mol. The lowest BCUT2D eigenvalue weighted by Gasteiger charge is -2.28. The first-order chi connectivity index (χ1) is 17.3. The van der Waals surface area contributed by atoms with Crippen LogP contribution in [-0.2, 0) is 6.54 Å². The van der Waals surface area contributed by atoms with E-state index in [1.165, 1.54) is 20.8 Å². The van der Waals surface area contributed by atoms with Crippen LogP contribution in [0.3, 0.4) is 0 Å². The van der Waals surface area contributed by atoms with Crippen molar-refractivity contribution in [3.63, 3.8) is 0 Å². The van der Waals surface area contributed by atoms with E-state index in [9.17, 15) is 14.0 Å². The number of aromatic nitrogens is 3. The molecule has 0 bridgehead atoms. The summed E-state index contributed by atoms with van der Waals surface area (Å²) in [6.45, 7) is 0.845. The Morgan fingerprint density at radius 3 is 2.32 bits per heavy atom. The molecular formula is C28H32Cl2FN5O2. The van der Waals surface area contributed by atoms with Crippen LogP contribution in [-0.4, -0.2) is 39.2 Å². The summed E-state index contributed by atoms with van der Waals surface area (Å²) in [5, 5.41) is 0.0860. The van der Waals surface area contributed by atoms with Gasteiger partial charge in [0.15, 0.2) is 5.65 Å². The molecule has 0 saturated heterocycles. The standard InChI is InChI=1S/C28H30FN5O2.2ClH/c1-32(2)17-18-6-8-19(9-7-18)20-4-3-5-24(14-20)33-26-25(15-21(29)16-31-26)27(35)34(28(33)36)23-12-10-22(30)11-13-23;;/h3-9,14-16,22-23H,10-13,17,30H2,1-2H3;2*1H/t22-,23+;;. The highest BCUT2D eigenvalue weighted by atomic mass is 35.5. The average molecular weight is 561 g/mol. The molecule has 2 aromatic carbocycles. The van der Waals surface area contributed by atoms with Gasteiger partial charge in [-0.3, -0.25) is 9.36 Å². The third-order valence-electron chi connectivity index (χ3n) is 6.89. The van der Waals surface area contributed by atoms with Crippen LogP contribution in [0.25, 0.3) is 27.8 Å². The van der Waals surface area contributed by atoms with Crippen LogP contribution in [0.5, 0.6) is 0 Å². The van der Waals surface area contributed by atoms with Gasteiger partial charge in [-0.2, -0.15) is 0 Å². The van der Waals surface area contributed by atoms with Gasteiger partial charge in [0.05, 0.1) is 17.3 Å². The predicted octanol–water partition coefficient (Wildman–Crippen LogP) is 4.70. The van der Waals surface area contributed by atoms with Gasteiger partial charge in [0.25, 0.3) is 5.56 Å². The average Bonchev–Trinajstić information content (AvgIpc) is 2.86. The van der Waals surface area contributed by atoms with Crippen molar-refractivity contribution in [1.29, 1.82) is 0 Å². The van der Waals surface area contributed by atoms with Crippen molar-refractivity contribution in [1.82, 2.24) is 19.0 Å². The maximum atomic E-state index is 14.2. The zero-order chi connectivity index (χ0) is 25.4. The van der Waals surface area contributed by atoms with E-state index in [-0.39, 0.29) is 47.9 Å². The van der Waals surface area contributed by atoms with Crippen molar-refractivity contribution < 1.29 is 4.39 Å². The molecule has 1 aliphatic rings. The highest BCUT2D eigenvalue weighted by molar-refractivity contribution is 5.85. The second-order valence-electron chi connectivity index (χ2n) is 9.87. The summed E-state index contributed by atoms with van der Waals surface area (Å²) < 4.78 is 16.9. The highest BCUT2D eigenvalue weighted by Gasteiger charge is 2.26. The maximum absolute atomic E-state index is 14.2. The van der Waals surface area contributed by atoms with Gasteiger partial charge >= 0.3 is 5.69 Å². The van der Waals surface area contributed by atoms with Gasteiger partial charge in [-0.25, -0.2) is 18.7 Å². The normalized spacial score (nSPS) is 17.2. The highest BCUT2D eigenvalue weighted by Crippen LogP contribution is 2.27. The van der Waals surface area contributed by atoms with Crippen molar-refractivity contribution in [2.45, 2.75) is 44.3 Å². The molecule has 10 heteroatoms. The molecule has 202 valence electrons. The zero-order valence-electron chi connectivity index (χ0n) is 21.3. The number of fused-ring (bicyclic) bond motifs is 1. The Balaban J connectivity index is 0.00000200. The molecule has 0 aliphatic heterocycles. The third kappa shape index (κ3) is 5.83. The lowest BCUT2D eigenvalue weighted by molar-refractivity contribution is 0.309. The SMILES string of the molecule is CN(C)Cc1ccc(-c2cccc(-n3c(=O)n([C@H]4CC[C@@H](N)CC4)c(=O)c4cc(F)cnc43)c2)cc1.Cl.Cl. The molecule has 2 N–H and O–H groups in total. The largest absolute Gasteiger partial charge is 0.337 e. The fourth-order valence-electron chi connectivity index (χ4n) is 5.09. The summed E-state index contributed by atoms with van der Waals surface area (Å²) in [5.41, 5.74) is 8.93. The van der Waals surface area contributed by atoms with E-state index < -0.39 is 17.1 Å². The Morgan fingerprint density at radius 1 is 0.974 bits per heavy atom. The number of halogens is 3. The minimum Gasteiger partial charge on any atom is -0.328 e. The summed E-state index contributed by atoms with van der Waals surface area (Å²) in [6, 6.07) is 16.8. The monoisotopic (exact) mass is 559 g/mol. The molecule has 38 heavy (non-hydrogen) atoms. The third-order valence-corrected chi connectivity index (χ3v) is 6.89. The van der Waals surface area contributed by atoms with Crippen LogP contribution in [0.2, 0.25) is 0 Å². The minimum atomic E-state index is -0.617. The molecule has 0 spiro atoms. The van der Waals surface area contributed by atoms with Crippen LogP contribution >= 0.6 is 24.8 Å². The fraction of sp³-hybridized carbons (Fsp3) is 0.321. The van der Waals surface area contributed by atoms with E-state index in [0.29, 0.717) is 18.5 Å². The second-order valence-corrected chi connectivity index (χ2v) is 9.87. The number of hydrogen-bond acceptors (Lipinski definition) is 5. The van der Waals surface area contributed by atoms with E-state index >= 15 is 0 Å². The summed E-state index contributed by atoms with van der Waals surface area (Å²) >= 11 is 0. The molecule has 7 nitrogen and oxygen atoms in total. The van der Waals surface area contributed by atoms with Crippen molar-refractivity contribution in [3.05, 3.63) is 93.0 Å². The Labute approximate surface area is 232 Å². The lowest BCUT2D eigenvalue weighted by Crippen LogP contribution is -2.44. The lowest BCUT2D eigenvalue weighted by atomic mass is 9.91. The summed E-state index contributed by atoms with van der Waals surface area (Å²) in [4.78, 5) is 33.5. The number of benzene rings is 2. The molecule has 0 radical (unpaired) electrons. The second kappa shape index (κ2) is 12.2. The Kier molecular flexibility index (Phi) is 9.49. The van der Waals surface area contributed by atoms with E-state index in [0.717, 1.165) is 36.7 Å². The molecule has 0 amide bonds. The Morgan fingerprint density at radius 2 is 1.66 bits per heavy atom. The molecule has 2 heterocycles. The number of hydrogen-bond donors (Lipinski definition) is 1. The van der Waals surface area contributed by atoms with Gasteiger partial charge in [-0.05, 0) is 74.7 Å². The molecule has 1 saturated carbocycles. The molecule has 0 unspecified atom stereocenters. The maximum Gasteiger partial charge on any atom is 0.337 e. The molecule has 2 aromatic heterocycles. The summed E-state index contributed by atoms with van der Waals surface area (Å²) in [5.74, 6) is -0.617. The minimum absolute atomic E-state index is 0. The van der Waals surface area contributed by atoms with E-state index in [2.05, 4.69) is 34.1 Å². The van der Waals surface area contributed by atoms with Crippen molar-refractivity contribution in [3.8, 4) is 16.8 Å². The Hall–Kier alpha value is -3.04. The van der Waals surface area contributed by atoms with Crippen LogP contribution in [0, 0.1) is 5.82 Å². The quantitative estimate of drug-likeness (QED) is 0.383. The first-order valence-corrected chi connectivity index (χ1v) is 12.2. The summed E-state index contributed by atoms with van der Waals surface area (Å²) in [6.07, 6.45) is 3.76. The molecular weight excluding hydrogens is 528 g/mol. The molecule has 1 fully saturated rings. The van der Waals surface area contributed by atoms with Crippen LogP contribution in [0.15, 0.2) is 70.4 Å². The van der Waals surface area contributed by atoms with Gasteiger partial charge < -0.3 is 10.6 Å². The Bertz CT molecular complexity index is 1530. The first-order valence-electron chi connectivity index (χ1n) is 12.2. The van der Waals surface area contributed by atoms with E-state index in [1.807, 2.05) is 32.3 Å². The topological polar surface area (TPSA) is 86.1 Å². The van der Waals surface area contributed by atoms with E-state index in [4.69, 9.17) is 5.73 Å². The smallest absolute Gasteiger partial charge is 0.328 e. The van der Waals surface area contributed by atoms with Gasteiger partial charge in [0.1, 0.15) is 5.82 Å². The van der Waals surface area contributed by atoms with Crippen molar-refractivity contribution in [2.24, 2.45) is 5.73 Å². The van der Waals surface area contributed by atoms with Crippen molar-refractivity contribution >= 4 is 35.8 Å². The van der Waals surface area contributed by atoms with Crippen LogP contribution in [0.1, 0.15) is 37.3 Å². The molecule has 0 atom stereocenters. The number of nitrogens with zero attached hydrogens (tertiary/aromatic N) is 4. The van der Waals surface area contributed by atoms with Crippen LogP contribution in [0.4, 0.5) is 4.39 Å². The zero-order valence-corrected chi connectivity index (χ0v) is 23.0. The molecule has 4 aromatic rings. The molecule has 5 rings (SSSR count). The van der Waals surface area contributed by atoms with Gasteiger partial charge in [-0.15, -0.1) is 24.8 Å². The fourth-order valence-corrected chi connectivity index (χ4v) is 5.09. The van der Waals surface area contributed by atoms with Crippen molar-refractivity contribution in [2.75, 3.05) is 14.1 Å². The summed E-state index contributed by atoms with van der Waals surface area (Å²) in [7, 11) is 4.06. The number of pyridine rings is 1. The van der Waals surface area contributed by atoms with Crippen LogP contribution < -0.4 is 17.0 Å². The van der Waals surface area contributed by atoms with Gasteiger partial charge in [0, 0.05) is 18.6 Å². The van der Waals surface area contributed by atoms with E-state index in [1.54, 1.807) is 6.07 Å². The van der Waals surface area contributed by atoms with Gasteiger partial charge in [-0.1, -0.05) is 36.4 Å². The first kappa shape index (κ1) is 29.5.